The van der Waals surface area contributed by atoms with Crippen LogP contribution in [0.25, 0.3) is 0 Å². The number of aliphatic hydroxyl groups is 1. The maximum Gasteiger partial charge on any atom is 0.244 e. The van der Waals surface area contributed by atoms with E-state index in [0.717, 1.165) is 11.3 Å². The average Bonchev–Trinajstić information content (AvgIpc) is 3.29. The number of aromatic nitrogens is 2. The molecule has 2 aromatic heterocycles. The van der Waals surface area contributed by atoms with Crippen LogP contribution >= 0.6 is 11.3 Å². The van der Waals surface area contributed by atoms with E-state index >= 15 is 0 Å². The maximum absolute atomic E-state index is 13.3. The number of rotatable bonds is 7. The van der Waals surface area contributed by atoms with Crippen molar-refractivity contribution in [2.45, 2.75) is 19.6 Å². The molecule has 9 nitrogen and oxygen atoms in total. The van der Waals surface area contributed by atoms with Crippen LogP contribution in [-0.4, -0.2) is 33.0 Å². The number of nitrogens with two attached hydrogens (primary N) is 2. The molecule has 0 aliphatic carbocycles. The molecule has 1 amide bonds. The topological polar surface area (TPSA) is 149 Å². The van der Waals surface area contributed by atoms with E-state index in [1.54, 1.807) is 6.92 Å². The predicted octanol–water partition coefficient (Wildman–Crippen LogP) is 1.59. The number of ketones is 1. The molecule has 1 aromatic carbocycles. The molecule has 0 aliphatic rings. The van der Waals surface area contributed by atoms with E-state index < -0.39 is 23.5 Å². The zero-order valence-electron chi connectivity index (χ0n) is 14.6. The number of carbonyl (C=O) groups excluding carboxylic acids is 2. The molecule has 0 radical (unpaired) electrons. The molecule has 28 heavy (non-hydrogen) atoms. The first-order valence-electron chi connectivity index (χ1n) is 8.03. The Morgan fingerprint density at radius 1 is 1.36 bits per heavy atom. The summed E-state index contributed by atoms with van der Waals surface area (Å²) in [6.07, 6.45) is 0. The van der Waals surface area contributed by atoms with Gasteiger partial charge in [-0.2, -0.15) is 0 Å². The lowest BCUT2D eigenvalue weighted by atomic mass is 10.2. The Kier molecular flexibility index (Phi) is 5.38. The average molecular weight is 405 g/mol. The molecule has 3 rings (SSSR count). The summed E-state index contributed by atoms with van der Waals surface area (Å²) < 4.78 is 18.2. The second-order valence-corrected chi connectivity index (χ2v) is 6.78. The maximum atomic E-state index is 13.3. The van der Waals surface area contributed by atoms with Crippen molar-refractivity contribution in [2.24, 2.45) is 5.73 Å². The number of hydrogen-bond donors (Lipinski definition) is 3. The molecule has 0 unspecified atom stereocenters. The van der Waals surface area contributed by atoms with Gasteiger partial charge in [0.1, 0.15) is 28.2 Å². The van der Waals surface area contributed by atoms with E-state index in [1.807, 2.05) is 0 Å². The minimum atomic E-state index is -0.842. The fraction of sp³-hybridized carbons (Fsp3) is 0.176. The van der Waals surface area contributed by atoms with E-state index in [-0.39, 0.29) is 33.9 Å². The Morgan fingerprint density at radius 3 is 2.61 bits per heavy atom. The first kappa shape index (κ1) is 19.5. The Hall–Kier alpha value is -3.31. The smallest absolute Gasteiger partial charge is 0.244 e. The van der Waals surface area contributed by atoms with Crippen molar-refractivity contribution in [3.05, 3.63) is 52.5 Å². The van der Waals surface area contributed by atoms with Crippen LogP contribution in [0.3, 0.4) is 0 Å². The van der Waals surface area contributed by atoms with Crippen LogP contribution < -0.4 is 16.4 Å². The van der Waals surface area contributed by atoms with Crippen molar-refractivity contribution in [3.63, 3.8) is 0 Å². The third kappa shape index (κ3) is 3.70. The molecule has 0 saturated heterocycles. The lowest BCUT2D eigenvalue weighted by Crippen LogP contribution is -2.39. The molecule has 0 bridgehead atoms. The van der Waals surface area contributed by atoms with E-state index in [9.17, 15) is 14.0 Å². The van der Waals surface area contributed by atoms with Gasteiger partial charge < -0.3 is 26.0 Å². The number of nitrogen functional groups attached to an aromatic ring is 1. The van der Waals surface area contributed by atoms with Gasteiger partial charge in [0.05, 0.1) is 6.61 Å². The van der Waals surface area contributed by atoms with Crippen LogP contribution in [0, 0.1) is 5.82 Å². The Morgan fingerprint density at radius 2 is 2.04 bits per heavy atom. The standard InChI is InChI=1S/C17H16FN5O4S/c1-8(16(20)26)23(11-4-2-9(18)3-5-11)17-21-15(19)14(28-17)13(25)12-6-10(7-24)22-27-12/h2-6,8,24H,7,19H2,1H3,(H2,20,26)/t8-/m1/s1. The van der Waals surface area contributed by atoms with Gasteiger partial charge in [-0.05, 0) is 31.2 Å². The fourth-order valence-electron chi connectivity index (χ4n) is 2.42. The van der Waals surface area contributed by atoms with Gasteiger partial charge >= 0.3 is 0 Å². The molecular weight excluding hydrogens is 389 g/mol. The van der Waals surface area contributed by atoms with Crippen molar-refractivity contribution in [1.82, 2.24) is 10.1 Å². The van der Waals surface area contributed by atoms with Crippen molar-refractivity contribution >= 4 is 39.7 Å². The summed E-state index contributed by atoms with van der Waals surface area (Å²) in [6, 6.07) is 5.82. The number of thiazole rings is 1. The first-order chi connectivity index (χ1) is 13.3. The van der Waals surface area contributed by atoms with Crippen molar-refractivity contribution in [2.75, 3.05) is 10.6 Å². The van der Waals surface area contributed by atoms with Gasteiger partial charge in [0.25, 0.3) is 0 Å². The molecule has 146 valence electrons. The quantitative estimate of drug-likeness (QED) is 0.502. The summed E-state index contributed by atoms with van der Waals surface area (Å²) in [7, 11) is 0. The van der Waals surface area contributed by atoms with Crippen LogP contribution in [0.5, 0.6) is 0 Å². The zero-order valence-corrected chi connectivity index (χ0v) is 15.4. The lowest BCUT2D eigenvalue weighted by molar-refractivity contribution is -0.118. The van der Waals surface area contributed by atoms with Gasteiger partial charge in [-0.3, -0.25) is 9.59 Å². The minimum Gasteiger partial charge on any atom is -0.390 e. The molecular formula is C17H16FN5O4S. The van der Waals surface area contributed by atoms with Crippen molar-refractivity contribution in [3.8, 4) is 0 Å². The number of hydrogen-bond acceptors (Lipinski definition) is 9. The number of aliphatic hydroxyl groups excluding tert-OH is 1. The SMILES string of the molecule is C[C@H](C(N)=O)N(c1ccc(F)cc1)c1nc(N)c(C(=O)c2cc(CO)no2)s1. The van der Waals surface area contributed by atoms with E-state index in [0.29, 0.717) is 5.69 Å². The molecule has 0 spiro atoms. The highest BCUT2D eigenvalue weighted by atomic mass is 32.1. The van der Waals surface area contributed by atoms with Gasteiger partial charge in [0.15, 0.2) is 5.13 Å². The molecule has 2 heterocycles. The molecule has 0 fully saturated rings. The minimum absolute atomic E-state index is 0.0689. The molecule has 1 atom stereocenters. The Bertz CT molecular complexity index is 1020. The number of carbonyl (C=O) groups is 2. The zero-order chi connectivity index (χ0) is 20.4. The number of halogens is 1. The number of benzene rings is 1. The van der Waals surface area contributed by atoms with Crippen LogP contribution in [0.4, 0.5) is 21.0 Å². The van der Waals surface area contributed by atoms with Crippen LogP contribution in [0.15, 0.2) is 34.9 Å². The van der Waals surface area contributed by atoms with Gasteiger partial charge in [0, 0.05) is 11.8 Å². The summed E-state index contributed by atoms with van der Waals surface area (Å²) in [4.78, 5) is 30.1. The van der Waals surface area contributed by atoms with Crippen molar-refractivity contribution in [1.29, 1.82) is 0 Å². The highest BCUT2D eigenvalue weighted by Gasteiger charge is 2.28. The number of anilines is 3. The fourth-order valence-corrected chi connectivity index (χ4v) is 3.45. The van der Waals surface area contributed by atoms with Crippen LogP contribution in [0.2, 0.25) is 0 Å². The van der Waals surface area contributed by atoms with Crippen LogP contribution in [0.1, 0.15) is 28.0 Å². The summed E-state index contributed by atoms with van der Waals surface area (Å²) in [5.41, 5.74) is 12.0. The van der Waals surface area contributed by atoms with E-state index in [2.05, 4.69) is 10.1 Å². The summed E-state index contributed by atoms with van der Waals surface area (Å²) >= 11 is 0.921. The first-order valence-corrected chi connectivity index (χ1v) is 8.85. The summed E-state index contributed by atoms with van der Waals surface area (Å²) in [6.45, 7) is 1.17. The summed E-state index contributed by atoms with van der Waals surface area (Å²) in [5, 5.41) is 12.8. The molecule has 11 heteroatoms. The molecule has 0 saturated carbocycles. The van der Waals surface area contributed by atoms with Gasteiger partial charge in [-0.15, -0.1) is 0 Å². The predicted molar refractivity (Wildman–Crippen MR) is 99.6 cm³/mol. The second kappa shape index (κ2) is 7.74. The third-order valence-corrected chi connectivity index (χ3v) is 4.97. The molecule has 5 N–H and O–H groups in total. The second-order valence-electron chi connectivity index (χ2n) is 5.81. The van der Waals surface area contributed by atoms with Crippen molar-refractivity contribution < 1.29 is 23.6 Å². The van der Waals surface area contributed by atoms with Gasteiger partial charge in [-0.1, -0.05) is 16.5 Å². The lowest BCUT2D eigenvalue weighted by Gasteiger charge is -2.26. The van der Waals surface area contributed by atoms with Gasteiger partial charge in [0.2, 0.25) is 17.5 Å². The summed E-state index contributed by atoms with van der Waals surface area (Å²) in [5.74, 6) is -1.85. The van der Waals surface area contributed by atoms with Gasteiger partial charge in [-0.25, -0.2) is 9.37 Å². The highest BCUT2D eigenvalue weighted by molar-refractivity contribution is 7.18. The Balaban J connectivity index is 2.02. The normalized spacial score (nSPS) is 12.0. The largest absolute Gasteiger partial charge is 0.390 e. The van der Waals surface area contributed by atoms with E-state index in [1.165, 1.54) is 35.2 Å². The monoisotopic (exact) mass is 405 g/mol. The van der Waals surface area contributed by atoms with Crippen LogP contribution in [-0.2, 0) is 11.4 Å². The third-order valence-electron chi connectivity index (χ3n) is 3.90. The van der Waals surface area contributed by atoms with E-state index in [4.69, 9.17) is 21.1 Å². The molecule has 3 aromatic rings. The Labute approximate surface area is 162 Å². The number of primary amides is 1. The highest BCUT2D eigenvalue weighted by Crippen LogP contribution is 2.36. The number of nitrogens with zero attached hydrogens (tertiary/aromatic N) is 3. The molecule has 0 aliphatic heterocycles. The number of amides is 1.